The number of anilines is 1. The van der Waals surface area contributed by atoms with E-state index in [0.717, 1.165) is 32.7 Å². The molecule has 0 aliphatic heterocycles. The molecule has 0 fully saturated rings. The van der Waals surface area contributed by atoms with E-state index in [9.17, 15) is 4.79 Å². The quantitative estimate of drug-likeness (QED) is 0.586. The van der Waals surface area contributed by atoms with Crippen molar-refractivity contribution in [1.82, 2.24) is 19.6 Å². The van der Waals surface area contributed by atoms with Gasteiger partial charge in [-0.2, -0.15) is 4.98 Å². The van der Waals surface area contributed by atoms with Crippen LogP contribution in [0.5, 0.6) is 0 Å². The predicted molar refractivity (Wildman–Crippen MR) is 108 cm³/mol. The highest BCUT2D eigenvalue weighted by Gasteiger charge is 2.19. The van der Waals surface area contributed by atoms with Crippen LogP contribution in [-0.2, 0) is 11.2 Å². The minimum atomic E-state index is 0.00739. The molecular formula is C18H20BrN5OS. The van der Waals surface area contributed by atoms with E-state index in [1.807, 2.05) is 45.2 Å². The van der Waals surface area contributed by atoms with Crippen molar-refractivity contribution in [3.8, 4) is 0 Å². The van der Waals surface area contributed by atoms with Gasteiger partial charge in [-0.1, -0.05) is 27.7 Å². The number of halogens is 1. The molecule has 2 heterocycles. The lowest BCUT2D eigenvalue weighted by molar-refractivity contribution is -0.117. The van der Waals surface area contributed by atoms with Crippen molar-refractivity contribution in [2.75, 3.05) is 18.2 Å². The maximum Gasteiger partial charge on any atom is 0.253 e. The predicted octanol–water partition coefficient (Wildman–Crippen LogP) is 3.74. The third kappa shape index (κ3) is 3.48. The van der Waals surface area contributed by atoms with E-state index < -0.39 is 0 Å². The highest BCUT2D eigenvalue weighted by Crippen LogP contribution is 2.24. The van der Waals surface area contributed by atoms with Crippen LogP contribution in [0.2, 0.25) is 0 Å². The summed E-state index contributed by atoms with van der Waals surface area (Å²) < 4.78 is 2.71. The van der Waals surface area contributed by atoms with Crippen LogP contribution < -0.4 is 4.90 Å². The van der Waals surface area contributed by atoms with Crippen LogP contribution in [0.4, 0.5) is 5.69 Å². The summed E-state index contributed by atoms with van der Waals surface area (Å²) in [5, 5.41) is 5.11. The van der Waals surface area contributed by atoms with E-state index in [4.69, 9.17) is 0 Å². The molecule has 1 aromatic carbocycles. The maximum absolute atomic E-state index is 12.9. The molecule has 0 saturated heterocycles. The van der Waals surface area contributed by atoms with Crippen molar-refractivity contribution in [1.29, 1.82) is 0 Å². The summed E-state index contributed by atoms with van der Waals surface area (Å²) in [5.74, 6) is 0.575. The number of hydrogen-bond acceptors (Lipinski definition) is 5. The fourth-order valence-electron chi connectivity index (χ4n) is 2.93. The first-order valence-electron chi connectivity index (χ1n) is 8.11. The Kier molecular flexibility index (Phi) is 5.34. The average Bonchev–Trinajstić information content (AvgIpc) is 3.01. The fraction of sp³-hybridized carbons (Fsp3) is 0.333. The van der Waals surface area contributed by atoms with Crippen molar-refractivity contribution >= 4 is 45.1 Å². The smallest absolute Gasteiger partial charge is 0.253 e. The third-order valence-electron chi connectivity index (χ3n) is 4.43. The van der Waals surface area contributed by atoms with Crippen LogP contribution in [0.15, 0.2) is 27.8 Å². The molecule has 0 aliphatic carbocycles. The molecule has 8 heteroatoms. The molecule has 136 valence electrons. The standard InChI is InChI=1S/C18H20BrN5OS/c1-10-8-13(19)6-7-15(10)23(4)16(25)9-14-11(2)20-17-21-18(26-5)22-24(17)12(14)3/h6-8H,9H2,1-5H3. The largest absolute Gasteiger partial charge is 0.315 e. The minimum Gasteiger partial charge on any atom is -0.315 e. The number of rotatable bonds is 4. The van der Waals surface area contributed by atoms with Gasteiger partial charge in [-0.15, -0.1) is 5.10 Å². The van der Waals surface area contributed by atoms with Gasteiger partial charge in [-0.3, -0.25) is 4.79 Å². The van der Waals surface area contributed by atoms with Crippen molar-refractivity contribution in [2.24, 2.45) is 0 Å². The highest BCUT2D eigenvalue weighted by molar-refractivity contribution is 9.10. The molecule has 3 aromatic rings. The SMILES string of the molecule is CSc1nc2nc(C)c(CC(=O)N(C)c3ccc(Br)cc3C)c(C)n2n1. The first-order valence-corrected chi connectivity index (χ1v) is 10.1. The lowest BCUT2D eigenvalue weighted by Gasteiger charge is -2.21. The van der Waals surface area contributed by atoms with E-state index in [1.54, 1.807) is 16.5 Å². The molecule has 0 aliphatic rings. The Hall–Kier alpha value is -1.93. The van der Waals surface area contributed by atoms with Gasteiger partial charge in [0.2, 0.25) is 11.1 Å². The van der Waals surface area contributed by atoms with Crippen LogP contribution in [0.1, 0.15) is 22.5 Å². The van der Waals surface area contributed by atoms with Crippen LogP contribution in [0.3, 0.4) is 0 Å². The third-order valence-corrected chi connectivity index (χ3v) is 5.47. The zero-order valence-electron chi connectivity index (χ0n) is 15.4. The van der Waals surface area contributed by atoms with Crippen LogP contribution in [0, 0.1) is 20.8 Å². The van der Waals surface area contributed by atoms with Gasteiger partial charge < -0.3 is 4.90 Å². The van der Waals surface area contributed by atoms with Gasteiger partial charge in [-0.05, 0) is 50.8 Å². The van der Waals surface area contributed by atoms with Gasteiger partial charge in [0, 0.05) is 34.2 Å². The Morgan fingerprint density at radius 1 is 1.27 bits per heavy atom. The summed E-state index contributed by atoms with van der Waals surface area (Å²) >= 11 is 4.93. The second-order valence-corrected chi connectivity index (χ2v) is 7.82. The zero-order chi connectivity index (χ0) is 19.0. The number of carbonyl (C=O) groups is 1. The molecule has 3 rings (SSSR count). The van der Waals surface area contributed by atoms with E-state index in [1.165, 1.54) is 11.8 Å². The number of thioether (sulfide) groups is 1. The average molecular weight is 434 g/mol. The van der Waals surface area contributed by atoms with E-state index in [2.05, 4.69) is 31.0 Å². The van der Waals surface area contributed by atoms with Gasteiger partial charge in [-0.25, -0.2) is 9.50 Å². The van der Waals surface area contributed by atoms with Crippen molar-refractivity contribution in [3.05, 3.63) is 45.2 Å². The fourth-order valence-corrected chi connectivity index (χ4v) is 3.74. The minimum absolute atomic E-state index is 0.00739. The van der Waals surface area contributed by atoms with Crippen LogP contribution in [-0.4, -0.2) is 38.8 Å². The molecular weight excluding hydrogens is 414 g/mol. The number of aromatic nitrogens is 4. The molecule has 0 spiro atoms. The summed E-state index contributed by atoms with van der Waals surface area (Å²) in [4.78, 5) is 23.5. The maximum atomic E-state index is 12.9. The molecule has 1 amide bonds. The number of hydrogen-bond donors (Lipinski definition) is 0. The Morgan fingerprint density at radius 2 is 2.00 bits per heavy atom. The molecule has 2 aromatic heterocycles. The number of aryl methyl sites for hydroxylation is 3. The van der Waals surface area contributed by atoms with Gasteiger partial charge in [0.15, 0.2) is 0 Å². The molecule has 26 heavy (non-hydrogen) atoms. The number of fused-ring (bicyclic) bond motifs is 1. The topological polar surface area (TPSA) is 63.4 Å². The van der Waals surface area contributed by atoms with Crippen molar-refractivity contribution in [2.45, 2.75) is 32.3 Å². The first kappa shape index (κ1) is 18.8. The number of benzene rings is 1. The Labute approximate surface area is 165 Å². The Balaban J connectivity index is 1.93. The van der Waals surface area contributed by atoms with E-state index in [0.29, 0.717) is 10.9 Å². The summed E-state index contributed by atoms with van der Waals surface area (Å²) in [6.07, 6.45) is 2.19. The summed E-state index contributed by atoms with van der Waals surface area (Å²) in [5.41, 5.74) is 4.53. The zero-order valence-corrected chi connectivity index (χ0v) is 17.8. The molecule has 0 saturated carbocycles. The lowest BCUT2D eigenvalue weighted by Crippen LogP contribution is -2.29. The van der Waals surface area contributed by atoms with Gasteiger partial charge in [0.1, 0.15) is 0 Å². The Morgan fingerprint density at radius 3 is 2.65 bits per heavy atom. The van der Waals surface area contributed by atoms with Gasteiger partial charge in [0.25, 0.3) is 5.78 Å². The number of amides is 1. The molecule has 0 unspecified atom stereocenters. The second-order valence-electron chi connectivity index (χ2n) is 6.13. The molecule has 0 bridgehead atoms. The van der Waals surface area contributed by atoms with E-state index >= 15 is 0 Å². The molecule has 6 nitrogen and oxygen atoms in total. The normalized spacial score (nSPS) is 11.2. The monoisotopic (exact) mass is 433 g/mol. The summed E-state index contributed by atoms with van der Waals surface area (Å²) in [6.45, 7) is 5.86. The Bertz CT molecular complexity index is 1000. The van der Waals surface area contributed by atoms with Gasteiger partial charge in [0.05, 0.1) is 6.42 Å². The van der Waals surface area contributed by atoms with Crippen LogP contribution >= 0.6 is 27.7 Å². The first-order chi connectivity index (χ1) is 12.3. The molecule has 0 N–H and O–H groups in total. The molecule has 0 atom stereocenters. The number of likely N-dealkylation sites (N-methyl/N-ethyl adjacent to an activating group) is 1. The summed E-state index contributed by atoms with van der Waals surface area (Å²) in [7, 11) is 1.80. The van der Waals surface area contributed by atoms with Crippen molar-refractivity contribution in [3.63, 3.8) is 0 Å². The molecule has 0 radical (unpaired) electrons. The highest BCUT2D eigenvalue weighted by atomic mass is 79.9. The second kappa shape index (κ2) is 7.36. The lowest BCUT2D eigenvalue weighted by atomic mass is 10.1. The van der Waals surface area contributed by atoms with Gasteiger partial charge >= 0.3 is 0 Å². The van der Waals surface area contributed by atoms with E-state index in [-0.39, 0.29) is 12.3 Å². The van der Waals surface area contributed by atoms with Crippen molar-refractivity contribution < 1.29 is 4.79 Å². The van der Waals surface area contributed by atoms with Crippen LogP contribution in [0.25, 0.3) is 5.78 Å². The summed E-state index contributed by atoms with van der Waals surface area (Å²) in [6, 6.07) is 5.89. The number of carbonyl (C=O) groups excluding carboxylic acids is 1. The number of nitrogens with zero attached hydrogens (tertiary/aromatic N) is 5.